The minimum Gasteiger partial charge on any atom is -0.497 e. The van der Waals surface area contributed by atoms with E-state index >= 15 is 0 Å². The van der Waals surface area contributed by atoms with Crippen LogP contribution in [0, 0.1) is 0 Å². The van der Waals surface area contributed by atoms with Gasteiger partial charge in [0.25, 0.3) is 5.56 Å². The predicted octanol–water partition coefficient (Wildman–Crippen LogP) is 2.37. The first-order valence-corrected chi connectivity index (χ1v) is 10.5. The molecule has 10 heteroatoms. The molecule has 0 saturated heterocycles. The molecule has 0 bridgehead atoms. The molecule has 3 aromatic heterocycles. The monoisotopic (exact) mass is 461 g/mol. The van der Waals surface area contributed by atoms with Crippen LogP contribution in [0.4, 0.5) is 0 Å². The number of aryl methyl sites for hydroxylation is 1. The van der Waals surface area contributed by atoms with Crippen LogP contribution >= 0.6 is 0 Å². The van der Waals surface area contributed by atoms with Crippen LogP contribution in [0.2, 0.25) is 0 Å². The maximum absolute atomic E-state index is 13.1. The SMILES string of the molecule is COc1cccc(-c2cn3c4c(=O)n(C)c(=O)n(C)c4nc3n2-c2ccc(OC)c(OC)c2)c1. The van der Waals surface area contributed by atoms with Crippen LogP contribution in [0.1, 0.15) is 0 Å². The zero-order chi connectivity index (χ0) is 24.1. The average Bonchev–Trinajstić information content (AvgIpc) is 3.42. The number of benzene rings is 2. The van der Waals surface area contributed by atoms with Crippen LogP contribution < -0.4 is 25.5 Å². The molecule has 0 aliphatic heterocycles. The Balaban J connectivity index is 1.93. The normalized spacial score (nSPS) is 11.3. The molecule has 0 fully saturated rings. The van der Waals surface area contributed by atoms with Crippen LogP contribution in [0.15, 0.2) is 58.3 Å². The molecule has 0 radical (unpaired) electrons. The second-order valence-corrected chi connectivity index (χ2v) is 7.78. The molecule has 5 rings (SSSR count). The lowest BCUT2D eigenvalue weighted by Crippen LogP contribution is -2.37. The number of methoxy groups -OCH3 is 3. The topological polar surface area (TPSA) is 93.9 Å². The van der Waals surface area contributed by atoms with Crippen molar-refractivity contribution in [2.24, 2.45) is 14.1 Å². The first kappa shape index (κ1) is 21.4. The van der Waals surface area contributed by atoms with Crippen molar-refractivity contribution in [2.75, 3.05) is 21.3 Å². The Bertz CT molecular complexity index is 1690. The molecule has 0 unspecified atom stereocenters. The number of ether oxygens (including phenoxy) is 3. The van der Waals surface area contributed by atoms with Gasteiger partial charge in [-0.1, -0.05) is 12.1 Å². The zero-order valence-electron chi connectivity index (χ0n) is 19.4. The van der Waals surface area contributed by atoms with Crippen molar-refractivity contribution >= 4 is 16.9 Å². The Kier molecular flexibility index (Phi) is 4.93. The summed E-state index contributed by atoms with van der Waals surface area (Å²) in [5.41, 5.74) is 2.11. The minimum absolute atomic E-state index is 0.300. The van der Waals surface area contributed by atoms with E-state index in [9.17, 15) is 9.59 Å². The van der Waals surface area contributed by atoms with Gasteiger partial charge in [-0.25, -0.2) is 4.79 Å². The molecule has 0 saturated carbocycles. The van der Waals surface area contributed by atoms with Gasteiger partial charge >= 0.3 is 5.69 Å². The van der Waals surface area contributed by atoms with E-state index in [0.29, 0.717) is 34.2 Å². The smallest absolute Gasteiger partial charge is 0.332 e. The summed E-state index contributed by atoms with van der Waals surface area (Å²) in [6.45, 7) is 0. The molecule has 2 aromatic carbocycles. The van der Waals surface area contributed by atoms with Gasteiger partial charge in [0.15, 0.2) is 22.7 Å². The van der Waals surface area contributed by atoms with Gasteiger partial charge in [-0.05, 0) is 24.3 Å². The Morgan fingerprint density at radius 3 is 2.32 bits per heavy atom. The van der Waals surface area contributed by atoms with Crippen molar-refractivity contribution < 1.29 is 14.2 Å². The third-order valence-corrected chi connectivity index (χ3v) is 5.96. The van der Waals surface area contributed by atoms with Crippen LogP contribution in [0.5, 0.6) is 17.2 Å². The second kappa shape index (κ2) is 7.84. The predicted molar refractivity (Wildman–Crippen MR) is 128 cm³/mol. The molecule has 0 aliphatic rings. The first-order valence-electron chi connectivity index (χ1n) is 10.5. The summed E-state index contributed by atoms with van der Waals surface area (Å²) in [5, 5.41) is 0. The van der Waals surface area contributed by atoms with Gasteiger partial charge < -0.3 is 14.2 Å². The van der Waals surface area contributed by atoms with E-state index < -0.39 is 11.2 Å². The fourth-order valence-electron chi connectivity index (χ4n) is 4.18. The maximum atomic E-state index is 13.1. The molecule has 174 valence electrons. The summed E-state index contributed by atoms with van der Waals surface area (Å²) in [6.07, 6.45) is 1.84. The molecule has 0 amide bonds. The van der Waals surface area contributed by atoms with Crippen molar-refractivity contribution in [2.45, 2.75) is 0 Å². The second-order valence-electron chi connectivity index (χ2n) is 7.78. The largest absolute Gasteiger partial charge is 0.497 e. The summed E-state index contributed by atoms with van der Waals surface area (Å²) in [7, 11) is 7.80. The third-order valence-electron chi connectivity index (χ3n) is 5.96. The summed E-state index contributed by atoms with van der Waals surface area (Å²) >= 11 is 0. The Morgan fingerprint density at radius 1 is 0.853 bits per heavy atom. The molecule has 10 nitrogen and oxygen atoms in total. The lowest BCUT2D eigenvalue weighted by atomic mass is 10.1. The van der Waals surface area contributed by atoms with Crippen molar-refractivity contribution in [3.63, 3.8) is 0 Å². The van der Waals surface area contributed by atoms with Crippen molar-refractivity contribution in [1.82, 2.24) is 23.1 Å². The summed E-state index contributed by atoms with van der Waals surface area (Å²) in [6, 6.07) is 13.1. The first-order chi connectivity index (χ1) is 16.4. The van der Waals surface area contributed by atoms with E-state index in [1.165, 1.54) is 11.6 Å². The molecule has 0 N–H and O–H groups in total. The number of aromatic nitrogens is 5. The molecule has 0 aliphatic carbocycles. The van der Waals surface area contributed by atoms with E-state index in [4.69, 9.17) is 19.2 Å². The fourth-order valence-corrected chi connectivity index (χ4v) is 4.18. The minimum atomic E-state index is -0.441. The van der Waals surface area contributed by atoms with Crippen LogP contribution in [0.25, 0.3) is 33.9 Å². The van der Waals surface area contributed by atoms with Crippen molar-refractivity contribution in [1.29, 1.82) is 0 Å². The van der Waals surface area contributed by atoms with E-state index in [0.717, 1.165) is 21.5 Å². The van der Waals surface area contributed by atoms with E-state index in [1.807, 2.05) is 47.2 Å². The van der Waals surface area contributed by atoms with Crippen LogP contribution in [-0.2, 0) is 14.1 Å². The summed E-state index contributed by atoms with van der Waals surface area (Å²) in [4.78, 5) is 30.3. The van der Waals surface area contributed by atoms with Crippen molar-refractivity contribution in [3.8, 4) is 34.2 Å². The quantitative estimate of drug-likeness (QED) is 0.399. The average molecular weight is 461 g/mol. The highest BCUT2D eigenvalue weighted by Gasteiger charge is 2.22. The van der Waals surface area contributed by atoms with Crippen LogP contribution in [0.3, 0.4) is 0 Å². The number of imidazole rings is 2. The Labute approximate surface area is 193 Å². The molecule has 0 atom stereocenters. The van der Waals surface area contributed by atoms with Gasteiger partial charge in [0.05, 0.1) is 32.7 Å². The highest BCUT2D eigenvalue weighted by molar-refractivity contribution is 5.80. The van der Waals surface area contributed by atoms with E-state index in [1.54, 1.807) is 38.8 Å². The molecule has 5 aromatic rings. The summed E-state index contributed by atoms with van der Waals surface area (Å²) < 4.78 is 22.4. The number of hydrogen-bond acceptors (Lipinski definition) is 6. The van der Waals surface area contributed by atoms with Gasteiger partial charge in [-0.2, -0.15) is 4.98 Å². The maximum Gasteiger partial charge on any atom is 0.332 e. The molecule has 0 spiro atoms. The molecule has 34 heavy (non-hydrogen) atoms. The van der Waals surface area contributed by atoms with Gasteiger partial charge in [0.2, 0.25) is 5.78 Å². The lowest BCUT2D eigenvalue weighted by Gasteiger charge is -2.13. The highest BCUT2D eigenvalue weighted by Crippen LogP contribution is 2.34. The molecule has 3 heterocycles. The molecular weight excluding hydrogens is 438 g/mol. The zero-order valence-corrected chi connectivity index (χ0v) is 19.4. The summed E-state index contributed by atoms with van der Waals surface area (Å²) in [5.74, 6) is 2.29. The third kappa shape index (κ3) is 2.99. The van der Waals surface area contributed by atoms with E-state index in [-0.39, 0.29) is 0 Å². The number of hydrogen-bond donors (Lipinski definition) is 0. The van der Waals surface area contributed by atoms with Gasteiger partial charge in [-0.15, -0.1) is 0 Å². The lowest BCUT2D eigenvalue weighted by molar-refractivity contribution is 0.355. The Morgan fingerprint density at radius 2 is 1.62 bits per heavy atom. The molecular formula is C24H23N5O5. The Hall–Kier alpha value is -4.47. The fraction of sp³-hybridized carbons (Fsp3) is 0.208. The number of fused-ring (bicyclic) bond motifs is 3. The van der Waals surface area contributed by atoms with Crippen LogP contribution in [-0.4, -0.2) is 44.4 Å². The van der Waals surface area contributed by atoms with Crippen molar-refractivity contribution in [3.05, 3.63) is 69.5 Å². The number of nitrogens with zero attached hydrogens (tertiary/aromatic N) is 5. The number of rotatable bonds is 5. The van der Waals surface area contributed by atoms with Gasteiger partial charge in [0, 0.05) is 31.9 Å². The van der Waals surface area contributed by atoms with Gasteiger partial charge in [0.1, 0.15) is 5.75 Å². The van der Waals surface area contributed by atoms with Gasteiger partial charge in [-0.3, -0.25) is 22.9 Å². The highest BCUT2D eigenvalue weighted by atomic mass is 16.5. The van der Waals surface area contributed by atoms with E-state index in [2.05, 4.69) is 0 Å². The standard InChI is InChI=1S/C24H23N5O5/c1-26-21-20(22(30)27(2)24(26)31)28-13-17(14-7-6-8-16(11-14)32-3)29(23(28)25-21)15-9-10-18(33-4)19(12-15)34-5/h6-13H,1-5H3.